The molecule has 2 aromatic rings. The first-order chi connectivity index (χ1) is 14.5. The molecule has 1 saturated heterocycles. The zero-order chi connectivity index (χ0) is 21.1. The number of hydrogen-bond acceptors (Lipinski definition) is 7. The summed E-state index contributed by atoms with van der Waals surface area (Å²) in [6, 6.07) is 10.9. The highest BCUT2D eigenvalue weighted by Crippen LogP contribution is 2.27. The van der Waals surface area contributed by atoms with Crippen LogP contribution in [0, 0.1) is 0 Å². The monoisotopic (exact) mass is 446 g/mol. The van der Waals surface area contributed by atoms with Crippen LogP contribution in [0.5, 0.6) is 0 Å². The molecule has 30 heavy (non-hydrogen) atoms. The number of nitrogens with zero attached hydrogens (tertiary/aromatic N) is 4. The van der Waals surface area contributed by atoms with E-state index in [1.165, 1.54) is 16.3 Å². The molecule has 3 heterocycles. The molecular weight excluding hydrogens is 428 g/mol. The van der Waals surface area contributed by atoms with Crippen molar-refractivity contribution in [1.82, 2.24) is 5.01 Å². The molecule has 1 aromatic carbocycles. The van der Waals surface area contributed by atoms with E-state index in [9.17, 15) is 14.4 Å². The van der Waals surface area contributed by atoms with Crippen molar-refractivity contribution in [1.29, 1.82) is 0 Å². The van der Waals surface area contributed by atoms with Gasteiger partial charge in [-0.05, 0) is 42.8 Å². The molecular formula is C20H19ClN4O4S. The molecule has 1 aromatic heterocycles. The fraction of sp³-hybridized carbons (Fsp3) is 0.300. The standard InChI is InChI=1S/C20H19ClN4O4S/c21-19-8-7-18(30-19)17(27)6-5-16-11-25(20(28)29-16)15-3-1-14(2-4-15)23-9-10-24(13-26)22-12-23/h1-4,7-8,12-13,16H,5-6,9-11H2/t16-/m0/s1. The van der Waals surface area contributed by atoms with Crippen molar-refractivity contribution in [2.24, 2.45) is 5.10 Å². The molecule has 4 rings (SSSR count). The number of rotatable bonds is 7. The second-order valence-corrected chi connectivity index (χ2v) is 8.61. The topological polar surface area (TPSA) is 82.5 Å². The van der Waals surface area contributed by atoms with Crippen molar-refractivity contribution in [2.75, 3.05) is 29.4 Å². The Kier molecular flexibility index (Phi) is 6.01. The highest BCUT2D eigenvalue weighted by molar-refractivity contribution is 7.18. The van der Waals surface area contributed by atoms with Gasteiger partial charge in [-0.2, -0.15) is 5.10 Å². The molecule has 1 fully saturated rings. The van der Waals surface area contributed by atoms with Crippen LogP contribution in [0.3, 0.4) is 0 Å². The SMILES string of the molecule is O=CN1CCN(c2ccc(N3C[C@H](CCC(=O)c4ccc(Cl)s4)OC3=O)cc2)C=N1. The Morgan fingerprint density at radius 1 is 1.20 bits per heavy atom. The zero-order valence-electron chi connectivity index (χ0n) is 15.9. The molecule has 8 nitrogen and oxygen atoms in total. The molecule has 0 unspecified atom stereocenters. The van der Waals surface area contributed by atoms with Gasteiger partial charge >= 0.3 is 6.09 Å². The zero-order valence-corrected chi connectivity index (χ0v) is 17.5. The van der Waals surface area contributed by atoms with E-state index in [1.54, 1.807) is 23.4 Å². The van der Waals surface area contributed by atoms with Crippen molar-refractivity contribution < 1.29 is 19.1 Å². The summed E-state index contributed by atoms with van der Waals surface area (Å²) in [5.74, 6) is 0.00194. The second-order valence-electron chi connectivity index (χ2n) is 6.89. The second kappa shape index (κ2) is 8.85. The van der Waals surface area contributed by atoms with Gasteiger partial charge in [0.2, 0.25) is 6.41 Å². The number of halogens is 1. The van der Waals surface area contributed by atoms with E-state index in [-0.39, 0.29) is 11.9 Å². The minimum absolute atomic E-state index is 0.00194. The number of ketones is 1. The van der Waals surface area contributed by atoms with Crippen molar-refractivity contribution in [3.05, 3.63) is 45.6 Å². The highest BCUT2D eigenvalue weighted by Gasteiger charge is 2.32. The first-order valence-corrected chi connectivity index (χ1v) is 10.6. The largest absolute Gasteiger partial charge is 0.444 e. The summed E-state index contributed by atoms with van der Waals surface area (Å²) in [5.41, 5.74) is 1.64. The van der Waals surface area contributed by atoms with E-state index >= 15 is 0 Å². The molecule has 2 amide bonds. The Hall–Kier alpha value is -2.91. The van der Waals surface area contributed by atoms with Gasteiger partial charge < -0.3 is 9.64 Å². The van der Waals surface area contributed by atoms with Gasteiger partial charge in [0.15, 0.2) is 5.78 Å². The van der Waals surface area contributed by atoms with Crippen molar-refractivity contribution in [3.63, 3.8) is 0 Å². The Labute approximate surface area is 182 Å². The number of anilines is 2. The molecule has 0 aliphatic carbocycles. The van der Waals surface area contributed by atoms with E-state index in [0.717, 1.165) is 11.4 Å². The molecule has 1 atom stereocenters. The number of hydrazone groups is 1. The molecule has 0 N–H and O–H groups in total. The molecule has 0 radical (unpaired) electrons. The lowest BCUT2D eigenvalue weighted by Crippen LogP contribution is -2.37. The summed E-state index contributed by atoms with van der Waals surface area (Å²) in [5, 5.41) is 5.37. The van der Waals surface area contributed by atoms with Crippen LogP contribution in [0.2, 0.25) is 4.34 Å². The summed E-state index contributed by atoms with van der Waals surface area (Å²) < 4.78 is 6.01. The number of Topliss-reactive ketones (excluding diaryl/α,β-unsaturated/α-hetero) is 1. The third-order valence-corrected chi connectivity index (χ3v) is 6.21. The number of cyclic esters (lactones) is 1. The number of carbonyl (C=O) groups excluding carboxylic acids is 3. The molecule has 10 heteroatoms. The van der Waals surface area contributed by atoms with Gasteiger partial charge in [-0.15, -0.1) is 11.3 Å². The summed E-state index contributed by atoms with van der Waals surface area (Å²) in [6.07, 6.45) is 2.31. The predicted octanol–water partition coefficient (Wildman–Crippen LogP) is 3.61. The van der Waals surface area contributed by atoms with Gasteiger partial charge in [0.05, 0.1) is 22.3 Å². The Morgan fingerprint density at radius 3 is 2.60 bits per heavy atom. The van der Waals surface area contributed by atoms with Crippen LogP contribution in [-0.4, -0.2) is 55.4 Å². The normalized spacial score (nSPS) is 18.6. The molecule has 2 aliphatic rings. The fourth-order valence-corrected chi connectivity index (χ4v) is 4.33. The van der Waals surface area contributed by atoms with E-state index in [2.05, 4.69) is 5.10 Å². The number of hydrogen-bond donors (Lipinski definition) is 0. The Bertz CT molecular complexity index is 977. The minimum atomic E-state index is -0.416. The number of carbonyl (C=O) groups is 3. The van der Waals surface area contributed by atoms with E-state index < -0.39 is 6.09 Å². The number of thiophene rings is 1. The van der Waals surface area contributed by atoms with Crippen molar-refractivity contribution in [3.8, 4) is 0 Å². The van der Waals surface area contributed by atoms with Gasteiger partial charge in [0.1, 0.15) is 12.4 Å². The number of benzene rings is 1. The van der Waals surface area contributed by atoms with Gasteiger partial charge in [-0.3, -0.25) is 14.5 Å². The lowest BCUT2D eigenvalue weighted by molar-refractivity contribution is -0.118. The van der Waals surface area contributed by atoms with Gasteiger partial charge in [-0.25, -0.2) is 9.80 Å². The number of ether oxygens (including phenoxy) is 1. The quantitative estimate of drug-likeness (QED) is 0.479. The van der Waals surface area contributed by atoms with E-state index in [0.29, 0.717) is 48.1 Å². The fourth-order valence-electron chi connectivity index (χ4n) is 3.32. The summed E-state index contributed by atoms with van der Waals surface area (Å²) in [6.45, 7) is 1.55. The number of amides is 2. The highest BCUT2D eigenvalue weighted by atomic mass is 35.5. The van der Waals surface area contributed by atoms with Crippen molar-refractivity contribution in [2.45, 2.75) is 18.9 Å². The van der Waals surface area contributed by atoms with Crippen LogP contribution < -0.4 is 9.80 Å². The van der Waals surface area contributed by atoms with E-state index in [4.69, 9.17) is 16.3 Å². The Balaban J connectivity index is 1.34. The summed E-state index contributed by atoms with van der Waals surface area (Å²) in [7, 11) is 0. The average molecular weight is 447 g/mol. The third-order valence-electron chi connectivity index (χ3n) is 4.94. The van der Waals surface area contributed by atoms with Gasteiger partial charge in [-0.1, -0.05) is 11.6 Å². The van der Waals surface area contributed by atoms with Crippen LogP contribution in [0.25, 0.3) is 0 Å². The molecule has 0 bridgehead atoms. The van der Waals surface area contributed by atoms with Gasteiger partial charge in [0.25, 0.3) is 0 Å². The van der Waals surface area contributed by atoms with Crippen molar-refractivity contribution >= 4 is 58.9 Å². The van der Waals surface area contributed by atoms with Crippen LogP contribution >= 0.6 is 22.9 Å². The van der Waals surface area contributed by atoms with E-state index in [1.807, 2.05) is 29.2 Å². The first kappa shape index (κ1) is 20.4. The lowest BCUT2D eigenvalue weighted by atomic mass is 10.1. The maximum absolute atomic E-state index is 12.3. The van der Waals surface area contributed by atoms with Crippen LogP contribution in [0.15, 0.2) is 41.5 Å². The lowest BCUT2D eigenvalue weighted by Gasteiger charge is -2.26. The molecule has 156 valence electrons. The van der Waals surface area contributed by atoms with Crippen LogP contribution in [0.1, 0.15) is 22.5 Å². The molecule has 0 saturated carbocycles. The predicted molar refractivity (Wildman–Crippen MR) is 116 cm³/mol. The average Bonchev–Trinajstić information content (AvgIpc) is 3.37. The summed E-state index contributed by atoms with van der Waals surface area (Å²) in [4.78, 5) is 39.4. The Morgan fingerprint density at radius 2 is 1.97 bits per heavy atom. The van der Waals surface area contributed by atoms with Crippen LogP contribution in [0.4, 0.5) is 16.2 Å². The molecule has 2 aliphatic heterocycles. The minimum Gasteiger partial charge on any atom is -0.444 e. The maximum atomic E-state index is 12.3. The van der Waals surface area contributed by atoms with Crippen LogP contribution in [-0.2, 0) is 9.53 Å². The smallest absolute Gasteiger partial charge is 0.414 e. The summed E-state index contributed by atoms with van der Waals surface area (Å²) >= 11 is 7.13. The molecule has 0 spiro atoms. The van der Waals surface area contributed by atoms with Gasteiger partial charge in [0, 0.05) is 24.3 Å². The first-order valence-electron chi connectivity index (χ1n) is 9.43. The third kappa shape index (κ3) is 4.47. The maximum Gasteiger partial charge on any atom is 0.414 e.